The van der Waals surface area contributed by atoms with Crippen molar-refractivity contribution in [3.63, 3.8) is 0 Å². The molecule has 0 aliphatic carbocycles. The molecule has 2 heteroatoms. The van der Waals surface area contributed by atoms with E-state index in [4.69, 9.17) is 0 Å². The van der Waals surface area contributed by atoms with Crippen molar-refractivity contribution in [2.24, 2.45) is 0 Å². The number of aromatic hydroxyl groups is 2. The molecule has 0 spiro atoms. The SMILES string of the molecule is CCCCCCCCc1cc(C)c(O)c(Cc2cc(CCCCCCCC)cc(CC)c2O)c1. The highest BCUT2D eigenvalue weighted by atomic mass is 16.3. The predicted molar refractivity (Wildman–Crippen MR) is 147 cm³/mol. The number of hydrogen-bond acceptors (Lipinski definition) is 2. The molecule has 2 N–H and O–H groups in total. The highest BCUT2D eigenvalue weighted by Gasteiger charge is 2.14. The minimum Gasteiger partial charge on any atom is -0.507 e. The van der Waals surface area contributed by atoms with Crippen molar-refractivity contribution in [2.45, 2.75) is 130 Å². The van der Waals surface area contributed by atoms with E-state index in [0.29, 0.717) is 17.9 Å². The van der Waals surface area contributed by atoms with Gasteiger partial charge in [-0.05, 0) is 72.4 Å². The second-order valence-electron chi connectivity index (χ2n) is 10.2. The van der Waals surface area contributed by atoms with Crippen molar-refractivity contribution in [1.82, 2.24) is 0 Å². The van der Waals surface area contributed by atoms with Gasteiger partial charge in [-0.25, -0.2) is 0 Å². The van der Waals surface area contributed by atoms with Crippen molar-refractivity contribution in [2.75, 3.05) is 0 Å². The minimum atomic E-state index is 0.380. The molecule has 0 aliphatic rings. The summed E-state index contributed by atoms with van der Waals surface area (Å²) in [5.41, 5.74) is 6.48. The molecule has 0 heterocycles. The maximum absolute atomic E-state index is 10.9. The van der Waals surface area contributed by atoms with Crippen LogP contribution in [-0.2, 0) is 25.7 Å². The molecule has 0 fully saturated rings. The Morgan fingerprint density at radius 2 is 0.971 bits per heavy atom. The maximum atomic E-state index is 10.9. The molecule has 2 rings (SSSR count). The van der Waals surface area contributed by atoms with E-state index in [1.165, 1.54) is 88.2 Å². The molecule has 0 atom stereocenters. The summed E-state index contributed by atoms with van der Waals surface area (Å²) in [6.45, 7) is 8.62. The highest BCUT2D eigenvalue weighted by Crippen LogP contribution is 2.33. The molecule has 2 aromatic rings. The average Bonchev–Trinajstić information content (AvgIpc) is 2.83. The lowest BCUT2D eigenvalue weighted by Gasteiger charge is -2.15. The first-order valence-electron chi connectivity index (χ1n) is 14.1. The topological polar surface area (TPSA) is 40.5 Å². The lowest BCUT2D eigenvalue weighted by atomic mass is 9.92. The Balaban J connectivity index is 2.09. The Hall–Kier alpha value is -1.96. The van der Waals surface area contributed by atoms with E-state index in [2.05, 4.69) is 45.0 Å². The van der Waals surface area contributed by atoms with Gasteiger partial charge in [0.15, 0.2) is 0 Å². The van der Waals surface area contributed by atoms with Crippen LogP contribution in [0.3, 0.4) is 0 Å². The molecule has 0 saturated heterocycles. The number of phenols is 2. The van der Waals surface area contributed by atoms with Crippen LogP contribution in [0.15, 0.2) is 24.3 Å². The summed E-state index contributed by atoms with van der Waals surface area (Å²) in [6, 6.07) is 8.66. The van der Waals surface area contributed by atoms with Gasteiger partial charge in [0, 0.05) is 6.42 Å². The Kier molecular flexibility index (Phi) is 13.2. The van der Waals surface area contributed by atoms with Crippen molar-refractivity contribution in [1.29, 1.82) is 0 Å². The third-order valence-electron chi connectivity index (χ3n) is 7.17. The van der Waals surface area contributed by atoms with Gasteiger partial charge in [-0.3, -0.25) is 0 Å². The summed E-state index contributed by atoms with van der Waals surface area (Å²) >= 11 is 0. The van der Waals surface area contributed by atoms with Crippen LogP contribution in [0.2, 0.25) is 0 Å². The zero-order chi connectivity index (χ0) is 24.8. The van der Waals surface area contributed by atoms with Gasteiger partial charge in [0.05, 0.1) is 0 Å². The van der Waals surface area contributed by atoms with Gasteiger partial charge in [-0.2, -0.15) is 0 Å². The van der Waals surface area contributed by atoms with Gasteiger partial charge >= 0.3 is 0 Å². The number of phenolic OH excluding ortho intramolecular Hbond substituents is 2. The van der Waals surface area contributed by atoms with Crippen molar-refractivity contribution in [3.8, 4) is 11.5 Å². The van der Waals surface area contributed by atoms with Crippen LogP contribution >= 0.6 is 0 Å². The molecular formula is C32H50O2. The smallest absolute Gasteiger partial charge is 0.122 e. The maximum Gasteiger partial charge on any atom is 0.122 e. The van der Waals surface area contributed by atoms with E-state index >= 15 is 0 Å². The molecule has 0 saturated carbocycles. The summed E-state index contributed by atoms with van der Waals surface area (Å²) in [5, 5.41) is 21.7. The van der Waals surface area contributed by atoms with Gasteiger partial charge in [0.2, 0.25) is 0 Å². The Morgan fingerprint density at radius 1 is 0.529 bits per heavy atom. The number of aryl methyl sites for hydroxylation is 4. The first-order valence-corrected chi connectivity index (χ1v) is 14.1. The third kappa shape index (κ3) is 9.35. The zero-order valence-corrected chi connectivity index (χ0v) is 22.5. The minimum absolute atomic E-state index is 0.380. The summed E-state index contributed by atoms with van der Waals surface area (Å²) in [4.78, 5) is 0. The molecule has 0 unspecified atom stereocenters. The molecule has 0 radical (unpaired) electrons. The van der Waals surface area contributed by atoms with Gasteiger partial charge in [0.1, 0.15) is 11.5 Å². The van der Waals surface area contributed by atoms with E-state index in [-0.39, 0.29) is 0 Å². The fraction of sp³-hybridized carbons (Fsp3) is 0.625. The van der Waals surface area contributed by atoms with Crippen LogP contribution in [0.5, 0.6) is 11.5 Å². The lowest BCUT2D eigenvalue weighted by Crippen LogP contribution is -1.99. The first kappa shape index (κ1) is 28.3. The standard InChI is InChI=1S/C32H50O2/c1-5-8-10-12-14-16-18-26-20-25(4)31(33)29(22-26)24-30-23-27(21-28(7-3)32(30)34)19-17-15-13-11-9-6-2/h20-23,33-34H,5-19,24H2,1-4H3. The molecular weight excluding hydrogens is 416 g/mol. The molecule has 0 aromatic heterocycles. The number of unbranched alkanes of at least 4 members (excludes halogenated alkanes) is 10. The van der Waals surface area contributed by atoms with Crippen LogP contribution in [0.1, 0.15) is 131 Å². The molecule has 0 bridgehead atoms. The van der Waals surface area contributed by atoms with Crippen molar-refractivity contribution >= 4 is 0 Å². The number of rotatable bonds is 17. The van der Waals surface area contributed by atoms with E-state index < -0.39 is 0 Å². The predicted octanol–water partition coefficient (Wildman–Crippen LogP) is 9.37. The summed E-state index contributed by atoms with van der Waals surface area (Å²) < 4.78 is 0. The molecule has 0 aliphatic heterocycles. The highest BCUT2D eigenvalue weighted by molar-refractivity contribution is 5.50. The van der Waals surface area contributed by atoms with E-state index in [9.17, 15) is 10.2 Å². The quantitative estimate of drug-likeness (QED) is 0.228. The van der Waals surface area contributed by atoms with Crippen molar-refractivity contribution < 1.29 is 10.2 Å². The third-order valence-corrected chi connectivity index (χ3v) is 7.17. The first-order chi connectivity index (χ1) is 16.5. The molecule has 34 heavy (non-hydrogen) atoms. The van der Waals surface area contributed by atoms with E-state index in [1.54, 1.807) is 0 Å². The number of hydrogen-bond donors (Lipinski definition) is 2. The monoisotopic (exact) mass is 466 g/mol. The van der Waals surface area contributed by atoms with Crippen LogP contribution < -0.4 is 0 Å². The summed E-state index contributed by atoms with van der Waals surface area (Å²) in [6.07, 6.45) is 19.0. The Morgan fingerprint density at radius 3 is 1.50 bits per heavy atom. The van der Waals surface area contributed by atoms with Crippen LogP contribution in [-0.4, -0.2) is 10.2 Å². The van der Waals surface area contributed by atoms with Crippen LogP contribution in [0, 0.1) is 6.92 Å². The van der Waals surface area contributed by atoms with Gasteiger partial charge in [-0.1, -0.05) is 109 Å². The fourth-order valence-corrected chi connectivity index (χ4v) is 5.02. The summed E-state index contributed by atoms with van der Waals surface area (Å²) in [5.74, 6) is 0.790. The Labute approximate surface area is 209 Å². The van der Waals surface area contributed by atoms with Gasteiger partial charge in [-0.15, -0.1) is 0 Å². The van der Waals surface area contributed by atoms with Crippen molar-refractivity contribution in [3.05, 3.63) is 57.6 Å². The lowest BCUT2D eigenvalue weighted by molar-refractivity contribution is 0.457. The second-order valence-corrected chi connectivity index (χ2v) is 10.2. The fourth-order valence-electron chi connectivity index (χ4n) is 5.02. The van der Waals surface area contributed by atoms with Gasteiger partial charge in [0.25, 0.3) is 0 Å². The van der Waals surface area contributed by atoms with Crippen LogP contribution in [0.25, 0.3) is 0 Å². The molecule has 2 nitrogen and oxygen atoms in total. The Bertz CT molecular complexity index is 853. The molecule has 0 amide bonds. The largest absolute Gasteiger partial charge is 0.507 e. The summed E-state index contributed by atoms with van der Waals surface area (Å²) in [7, 11) is 0. The number of benzene rings is 2. The second kappa shape index (κ2) is 15.8. The van der Waals surface area contributed by atoms with E-state index in [0.717, 1.165) is 41.5 Å². The molecule has 190 valence electrons. The molecule has 2 aromatic carbocycles. The van der Waals surface area contributed by atoms with E-state index in [1.807, 2.05) is 6.92 Å². The van der Waals surface area contributed by atoms with Gasteiger partial charge < -0.3 is 10.2 Å². The average molecular weight is 467 g/mol. The zero-order valence-electron chi connectivity index (χ0n) is 22.5. The van der Waals surface area contributed by atoms with Crippen LogP contribution in [0.4, 0.5) is 0 Å². The normalized spacial score (nSPS) is 11.3.